The number of ketones is 1. The van der Waals surface area contributed by atoms with Crippen LogP contribution in [0.15, 0.2) is 70.8 Å². The van der Waals surface area contributed by atoms with E-state index in [4.69, 9.17) is 5.73 Å². The Labute approximate surface area is 202 Å². The van der Waals surface area contributed by atoms with Crippen molar-refractivity contribution in [2.45, 2.75) is 29.7 Å². The van der Waals surface area contributed by atoms with E-state index in [0.29, 0.717) is 11.0 Å². The fourth-order valence-corrected chi connectivity index (χ4v) is 6.42. The van der Waals surface area contributed by atoms with Gasteiger partial charge in [-0.1, -0.05) is 24.3 Å². The Morgan fingerprint density at radius 2 is 1.69 bits per heavy atom. The minimum Gasteiger partial charge on any atom is -0.383 e. The number of rotatable bonds is 7. The average molecular weight is 514 g/mol. The molecule has 35 heavy (non-hydrogen) atoms. The topological polar surface area (TPSA) is 154 Å². The van der Waals surface area contributed by atoms with Crippen LogP contribution in [0.25, 0.3) is 11.0 Å². The van der Waals surface area contributed by atoms with Crippen LogP contribution in [0.3, 0.4) is 0 Å². The molecule has 2 aromatic carbocycles. The summed E-state index contributed by atoms with van der Waals surface area (Å²) in [5.41, 5.74) is 7.16. The van der Waals surface area contributed by atoms with E-state index in [9.17, 15) is 21.6 Å². The Morgan fingerprint density at radius 1 is 1.00 bits per heavy atom. The molecule has 0 unspecified atom stereocenters. The number of anilines is 2. The molecule has 2 heterocycles. The zero-order valence-electron chi connectivity index (χ0n) is 19.1. The molecule has 0 aliphatic rings. The summed E-state index contributed by atoms with van der Waals surface area (Å²) in [5.74, 6) is -0.236. The van der Waals surface area contributed by atoms with Crippen molar-refractivity contribution in [3.05, 3.63) is 72.2 Å². The predicted octanol–water partition coefficient (Wildman–Crippen LogP) is 3.03. The number of sulfone groups is 1. The molecule has 0 saturated carbocycles. The molecule has 0 bridgehead atoms. The summed E-state index contributed by atoms with van der Waals surface area (Å²) in [4.78, 5) is 21.0. The highest BCUT2D eigenvalue weighted by Gasteiger charge is 2.25. The third kappa shape index (κ3) is 4.62. The zero-order chi connectivity index (χ0) is 25.5. The van der Waals surface area contributed by atoms with E-state index >= 15 is 0 Å². The van der Waals surface area contributed by atoms with E-state index in [2.05, 4.69) is 14.7 Å². The lowest BCUT2D eigenvalue weighted by molar-refractivity contribution is 0.104. The summed E-state index contributed by atoms with van der Waals surface area (Å²) in [5, 5.41) is 0.416. The number of carbonyl (C=O) groups is 1. The number of hydrogen-bond acceptors (Lipinski definition) is 8. The van der Waals surface area contributed by atoms with Crippen LogP contribution in [0.4, 0.5) is 11.5 Å². The van der Waals surface area contributed by atoms with Crippen molar-refractivity contribution < 1.29 is 21.6 Å². The van der Waals surface area contributed by atoms with Crippen molar-refractivity contribution in [1.82, 2.24) is 14.5 Å². The van der Waals surface area contributed by atoms with Gasteiger partial charge in [-0.3, -0.25) is 9.52 Å². The van der Waals surface area contributed by atoms with Crippen LogP contribution in [0.2, 0.25) is 0 Å². The maximum Gasteiger partial charge on any atom is 0.263 e. The van der Waals surface area contributed by atoms with Gasteiger partial charge < -0.3 is 10.3 Å². The highest BCUT2D eigenvalue weighted by atomic mass is 32.2. The average Bonchev–Trinajstić information content (AvgIpc) is 3.19. The van der Waals surface area contributed by atoms with Gasteiger partial charge >= 0.3 is 0 Å². The fourth-order valence-electron chi connectivity index (χ4n) is 3.74. The molecule has 0 aliphatic heterocycles. The van der Waals surface area contributed by atoms with E-state index in [0.717, 1.165) is 6.26 Å². The number of hydrogen-bond donors (Lipinski definition) is 2. The zero-order valence-corrected chi connectivity index (χ0v) is 20.8. The number of nitrogens with two attached hydrogens (primary N) is 1. The minimum atomic E-state index is -4.27. The number of benzene rings is 2. The second-order valence-electron chi connectivity index (χ2n) is 8.24. The summed E-state index contributed by atoms with van der Waals surface area (Å²) in [6, 6.07) is 11.2. The number of nitrogens with zero attached hydrogens (tertiary/aromatic N) is 3. The van der Waals surface area contributed by atoms with Crippen molar-refractivity contribution >= 4 is 48.2 Å². The Morgan fingerprint density at radius 3 is 2.34 bits per heavy atom. The second-order valence-corrected chi connectivity index (χ2v) is 11.9. The smallest absolute Gasteiger partial charge is 0.263 e. The lowest BCUT2D eigenvalue weighted by Crippen LogP contribution is -2.17. The molecule has 2 aromatic heterocycles. The first-order valence-corrected chi connectivity index (χ1v) is 13.9. The first-order chi connectivity index (χ1) is 16.4. The first kappa shape index (κ1) is 24.4. The van der Waals surface area contributed by atoms with Gasteiger partial charge in [0.25, 0.3) is 10.0 Å². The lowest BCUT2D eigenvalue weighted by atomic mass is 10.0. The molecule has 0 saturated heterocycles. The maximum absolute atomic E-state index is 13.4. The third-order valence-electron chi connectivity index (χ3n) is 5.35. The molecule has 10 nitrogen and oxygen atoms in total. The Kier molecular flexibility index (Phi) is 6.11. The van der Waals surface area contributed by atoms with E-state index < -0.39 is 25.6 Å². The molecule has 0 spiro atoms. The summed E-state index contributed by atoms with van der Waals surface area (Å²) in [6.07, 6.45) is 3.92. The van der Waals surface area contributed by atoms with E-state index in [-0.39, 0.29) is 38.5 Å². The predicted molar refractivity (Wildman–Crippen MR) is 133 cm³/mol. The van der Waals surface area contributed by atoms with Crippen LogP contribution in [-0.2, 0) is 19.9 Å². The van der Waals surface area contributed by atoms with Gasteiger partial charge in [0.1, 0.15) is 22.7 Å². The normalized spacial score (nSPS) is 12.2. The van der Waals surface area contributed by atoms with Crippen molar-refractivity contribution in [2.75, 3.05) is 16.7 Å². The SMILES string of the molecule is CC(C)n1cc(C(=O)c2cccc(NS(=O)(=O)c3ccccc3S(C)(=O)=O)c2)c2c(N)ncnc21. The number of aromatic nitrogens is 3. The van der Waals surface area contributed by atoms with Gasteiger partial charge in [-0.25, -0.2) is 26.8 Å². The molecular weight excluding hydrogens is 490 g/mol. The second kappa shape index (κ2) is 8.78. The molecule has 3 N–H and O–H groups in total. The molecule has 0 fully saturated rings. The van der Waals surface area contributed by atoms with Crippen LogP contribution in [0.1, 0.15) is 35.8 Å². The lowest BCUT2D eigenvalue weighted by Gasteiger charge is -2.12. The largest absolute Gasteiger partial charge is 0.383 e. The standard InChI is InChI=1S/C23H23N5O5S2/c1-14(2)28-12-17(20-22(24)25-13-26-23(20)28)21(29)15-7-6-8-16(11-15)27-35(32,33)19-10-5-4-9-18(19)34(3,30)31/h4-14,27H,1-3H3,(H2,24,25,26). The monoisotopic (exact) mass is 513 g/mol. The Hall–Kier alpha value is -3.77. The molecule has 4 aromatic rings. The highest BCUT2D eigenvalue weighted by Crippen LogP contribution is 2.29. The van der Waals surface area contributed by atoms with Gasteiger partial charge in [0.05, 0.1) is 15.8 Å². The van der Waals surface area contributed by atoms with Crippen LogP contribution in [0.5, 0.6) is 0 Å². The van der Waals surface area contributed by atoms with Gasteiger partial charge in [0, 0.05) is 29.7 Å². The van der Waals surface area contributed by atoms with Gasteiger partial charge in [-0.2, -0.15) is 0 Å². The Balaban J connectivity index is 1.75. The number of nitrogen functional groups attached to an aromatic ring is 1. The van der Waals surface area contributed by atoms with Crippen molar-refractivity contribution in [3.63, 3.8) is 0 Å². The van der Waals surface area contributed by atoms with Crippen molar-refractivity contribution in [3.8, 4) is 0 Å². The number of sulfonamides is 1. The molecule has 4 rings (SSSR count). The minimum absolute atomic E-state index is 0.00130. The van der Waals surface area contributed by atoms with E-state index in [1.54, 1.807) is 12.3 Å². The van der Waals surface area contributed by atoms with Crippen LogP contribution in [-0.4, -0.2) is 43.4 Å². The number of carbonyl (C=O) groups excluding carboxylic acids is 1. The fraction of sp³-hybridized carbons (Fsp3) is 0.174. The van der Waals surface area contributed by atoms with Gasteiger partial charge in [-0.05, 0) is 38.1 Å². The quantitative estimate of drug-likeness (QED) is 0.357. The molecule has 182 valence electrons. The molecule has 12 heteroatoms. The molecular formula is C23H23N5O5S2. The summed E-state index contributed by atoms with van der Waals surface area (Å²) in [6.45, 7) is 3.88. The molecule has 0 aliphatic carbocycles. The van der Waals surface area contributed by atoms with E-state index in [1.165, 1.54) is 48.8 Å². The van der Waals surface area contributed by atoms with Crippen molar-refractivity contribution in [2.24, 2.45) is 0 Å². The summed E-state index contributed by atoms with van der Waals surface area (Å²) >= 11 is 0. The number of nitrogens with one attached hydrogen (secondary N) is 1. The summed E-state index contributed by atoms with van der Waals surface area (Å²) < 4.78 is 54.4. The molecule has 0 amide bonds. The van der Waals surface area contributed by atoms with Gasteiger partial charge in [-0.15, -0.1) is 0 Å². The molecule has 0 radical (unpaired) electrons. The van der Waals surface area contributed by atoms with Crippen LogP contribution >= 0.6 is 0 Å². The van der Waals surface area contributed by atoms with Crippen LogP contribution < -0.4 is 10.5 Å². The summed E-state index contributed by atoms with van der Waals surface area (Å²) in [7, 11) is -8.06. The number of fused-ring (bicyclic) bond motifs is 1. The third-order valence-corrected chi connectivity index (χ3v) is 8.08. The molecule has 0 atom stereocenters. The van der Waals surface area contributed by atoms with Gasteiger partial charge in [0.15, 0.2) is 15.6 Å². The Bertz CT molecular complexity index is 1680. The van der Waals surface area contributed by atoms with Crippen LogP contribution in [0, 0.1) is 0 Å². The first-order valence-electron chi connectivity index (χ1n) is 10.5. The maximum atomic E-state index is 13.4. The van der Waals surface area contributed by atoms with E-state index in [1.807, 2.05) is 18.4 Å². The van der Waals surface area contributed by atoms with Gasteiger partial charge in [0.2, 0.25) is 0 Å². The van der Waals surface area contributed by atoms with Crippen molar-refractivity contribution in [1.29, 1.82) is 0 Å². The highest BCUT2D eigenvalue weighted by molar-refractivity contribution is 7.95.